The fourth-order valence-electron chi connectivity index (χ4n) is 1.97. The molecule has 100 valence electrons. The van der Waals surface area contributed by atoms with Gasteiger partial charge in [0.2, 0.25) is 5.88 Å². The maximum absolute atomic E-state index is 12.3. The van der Waals surface area contributed by atoms with E-state index in [0.29, 0.717) is 23.5 Å². The summed E-state index contributed by atoms with van der Waals surface area (Å²) in [5, 5.41) is 0.510. The lowest BCUT2D eigenvalue weighted by molar-refractivity contribution is 0.397. The Labute approximate surface area is 114 Å². The van der Waals surface area contributed by atoms with Crippen LogP contribution in [0.25, 0.3) is 11.0 Å². The second kappa shape index (κ2) is 5.08. The van der Waals surface area contributed by atoms with Crippen molar-refractivity contribution in [2.45, 2.75) is 6.54 Å². The molecule has 0 bridgehead atoms. The minimum atomic E-state index is -0.112. The van der Waals surface area contributed by atoms with Crippen molar-refractivity contribution in [3.05, 3.63) is 58.9 Å². The number of ether oxygens (including phenoxy) is 1. The Balaban J connectivity index is 2.02. The summed E-state index contributed by atoms with van der Waals surface area (Å²) in [5.41, 5.74) is 1.27. The van der Waals surface area contributed by atoms with Crippen LogP contribution in [0.1, 0.15) is 5.56 Å². The third kappa shape index (κ3) is 2.23. The van der Waals surface area contributed by atoms with Crippen LogP contribution in [0.5, 0.6) is 5.88 Å². The summed E-state index contributed by atoms with van der Waals surface area (Å²) >= 11 is 0. The number of fused-ring (bicyclic) bond motifs is 1. The quantitative estimate of drug-likeness (QED) is 0.715. The normalized spacial score (nSPS) is 10.7. The van der Waals surface area contributed by atoms with Gasteiger partial charge in [0.15, 0.2) is 5.65 Å². The highest BCUT2D eigenvalue weighted by molar-refractivity contribution is 5.72. The van der Waals surface area contributed by atoms with Gasteiger partial charge in [0.05, 0.1) is 19.0 Å². The molecule has 3 heterocycles. The van der Waals surface area contributed by atoms with Crippen LogP contribution < -0.4 is 10.3 Å². The van der Waals surface area contributed by atoms with Crippen LogP contribution in [0.4, 0.5) is 0 Å². The van der Waals surface area contributed by atoms with Gasteiger partial charge in [0.25, 0.3) is 5.56 Å². The molecule has 3 aromatic rings. The van der Waals surface area contributed by atoms with E-state index in [-0.39, 0.29) is 5.56 Å². The molecule has 0 amide bonds. The van der Waals surface area contributed by atoms with Gasteiger partial charge in [-0.1, -0.05) is 0 Å². The number of aromatic nitrogens is 4. The molecule has 6 heteroatoms. The molecule has 0 atom stereocenters. The zero-order valence-corrected chi connectivity index (χ0v) is 10.9. The molecule has 20 heavy (non-hydrogen) atoms. The summed E-state index contributed by atoms with van der Waals surface area (Å²) in [5.74, 6) is 0.519. The molecule has 0 saturated heterocycles. The molecule has 0 saturated carbocycles. The first-order valence-electron chi connectivity index (χ1n) is 6.07. The Morgan fingerprint density at radius 2 is 2.10 bits per heavy atom. The summed E-state index contributed by atoms with van der Waals surface area (Å²) < 4.78 is 6.61. The minimum Gasteiger partial charge on any atom is -0.481 e. The van der Waals surface area contributed by atoms with E-state index in [1.54, 1.807) is 42.3 Å². The molecule has 0 radical (unpaired) electrons. The minimum absolute atomic E-state index is 0.112. The smallest absolute Gasteiger partial charge is 0.263 e. The second-order valence-corrected chi connectivity index (χ2v) is 4.26. The molecular formula is C14H12N4O2. The number of rotatable bonds is 3. The Morgan fingerprint density at radius 3 is 2.95 bits per heavy atom. The molecule has 0 spiro atoms. The third-order valence-corrected chi connectivity index (χ3v) is 2.96. The number of nitrogens with zero attached hydrogens (tertiary/aromatic N) is 4. The van der Waals surface area contributed by atoms with Gasteiger partial charge in [-0.2, -0.15) is 0 Å². The van der Waals surface area contributed by atoms with E-state index in [1.807, 2.05) is 6.07 Å². The monoisotopic (exact) mass is 268 g/mol. The highest BCUT2D eigenvalue weighted by Gasteiger charge is 2.05. The zero-order valence-electron chi connectivity index (χ0n) is 10.9. The first-order chi connectivity index (χ1) is 9.78. The second-order valence-electron chi connectivity index (χ2n) is 4.26. The Kier molecular flexibility index (Phi) is 3.12. The average Bonchev–Trinajstić information content (AvgIpc) is 2.50. The summed E-state index contributed by atoms with van der Waals surface area (Å²) in [4.78, 5) is 24.6. The Morgan fingerprint density at radius 1 is 1.20 bits per heavy atom. The van der Waals surface area contributed by atoms with Crippen molar-refractivity contribution in [3.8, 4) is 5.88 Å². The SMILES string of the molecule is COc1cc(Cn2cnc3ncccc3c2=O)ccn1. The fourth-order valence-corrected chi connectivity index (χ4v) is 1.97. The van der Waals surface area contributed by atoms with Crippen molar-refractivity contribution >= 4 is 11.0 Å². The van der Waals surface area contributed by atoms with Gasteiger partial charge in [-0.15, -0.1) is 0 Å². The lowest BCUT2D eigenvalue weighted by Crippen LogP contribution is -2.21. The van der Waals surface area contributed by atoms with E-state index in [0.717, 1.165) is 5.56 Å². The molecular weight excluding hydrogens is 256 g/mol. The van der Waals surface area contributed by atoms with Crippen LogP contribution in [-0.2, 0) is 6.54 Å². The molecule has 6 nitrogen and oxygen atoms in total. The van der Waals surface area contributed by atoms with Gasteiger partial charge in [-0.25, -0.2) is 15.0 Å². The molecule has 0 N–H and O–H groups in total. The van der Waals surface area contributed by atoms with Gasteiger partial charge in [-0.05, 0) is 23.8 Å². The van der Waals surface area contributed by atoms with Crippen LogP contribution in [-0.4, -0.2) is 26.6 Å². The molecule has 3 rings (SSSR count). The van der Waals surface area contributed by atoms with Crippen LogP contribution >= 0.6 is 0 Å². The van der Waals surface area contributed by atoms with Crippen molar-refractivity contribution in [1.82, 2.24) is 19.5 Å². The molecule has 3 aromatic heterocycles. The topological polar surface area (TPSA) is 69.9 Å². The Bertz CT molecular complexity index is 813. The molecule has 0 aliphatic heterocycles. The molecule has 0 aliphatic carbocycles. The number of methoxy groups -OCH3 is 1. The van der Waals surface area contributed by atoms with Gasteiger partial charge in [0, 0.05) is 18.5 Å². The largest absolute Gasteiger partial charge is 0.481 e. The number of pyridine rings is 2. The lowest BCUT2D eigenvalue weighted by atomic mass is 10.2. The lowest BCUT2D eigenvalue weighted by Gasteiger charge is -2.07. The number of hydrogen-bond donors (Lipinski definition) is 0. The van der Waals surface area contributed by atoms with E-state index in [1.165, 1.54) is 6.33 Å². The van der Waals surface area contributed by atoms with E-state index >= 15 is 0 Å². The van der Waals surface area contributed by atoms with Crippen molar-refractivity contribution in [1.29, 1.82) is 0 Å². The first kappa shape index (κ1) is 12.3. The summed E-state index contributed by atoms with van der Waals surface area (Å²) in [7, 11) is 1.56. The first-order valence-corrected chi connectivity index (χ1v) is 6.07. The van der Waals surface area contributed by atoms with E-state index in [9.17, 15) is 4.79 Å². The van der Waals surface area contributed by atoms with E-state index < -0.39 is 0 Å². The molecule has 0 aromatic carbocycles. The van der Waals surface area contributed by atoms with Gasteiger partial charge < -0.3 is 4.74 Å². The number of hydrogen-bond acceptors (Lipinski definition) is 5. The fraction of sp³-hybridized carbons (Fsp3) is 0.143. The molecule has 0 aliphatic rings. The van der Waals surface area contributed by atoms with E-state index in [2.05, 4.69) is 15.0 Å². The van der Waals surface area contributed by atoms with Crippen LogP contribution in [0.3, 0.4) is 0 Å². The average molecular weight is 268 g/mol. The summed E-state index contributed by atoms with van der Waals surface area (Å²) in [6.45, 7) is 0.412. The standard InChI is InChI=1S/C14H12N4O2/c1-20-12-7-10(4-6-15-12)8-18-9-17-13-11(14(18)19)3-2-5-16-13/h2-7,9H,8H2,1H3. The van der Waals surface area contributed by atoms with Crippen LogP contribution in [0.15, 0.2) is 47.8 Å². The highest BCUT2D eigenvalue weighted by Crippen LogP contribution is 2.10. The summed E-state index contributed by atoms with van der Waals surface area (Å²) in [6.07, 6.45) is 4.77. The van der Waals surface area contributed by atoms with Gasteiger partial charge in [-0.3, -0.25) is 9.36 Å². The maximum Gasteiger partial charge on any atom is 0.263 e. The van der Waals surface area contributed by atoms with Crippen LogP contribution in [0.2, 0.25) is 0 Å². The molecule has 0 fully saturated rings. The van der Waals surface area contributed by atoms with E-state index in [4.69, 9.17) is 4.74 Å². The summed E-state index contributed by atoms with van der Waals surface area (Å²) in [6, 6.07) is 7.08. The van der Waals surface area contributed by atoms with Gasteiger partial charge >= 0.3 is 0 Å². The Hall–Kier alpha value is -2.76. The van der Waals surface area contributed by atoms with Crippen molar-refractivity contribution in [3.63, 3.8) is 0 Å². The van der Waals surface area contributed by atoms with Gasteiger partial charge in [0.1, 0.15) is 6.33 Å². The predicted molar refractivity (Wildman–Crippen MR) is 73.7 cm³/mol. The maximum atomic E-state index is 12.3. The van der Waals surface area contributed by atoms with Crippen molar-refractivity contribution < 1.29 is 4.74 Å². The third-order valence-electron chi connectivity index (χ3n) is 2.96. The van der Waals surface area contributed by atoms with Crippen molar-refractivity contribution in [2.24, 2.45) is 0 Å². The highest BCUT2D eigenvalue weighted by atomic mass is 16.5. The van der Waals surface area contributed by atoms with Crippen LogP contribution in [0, 0.1) is 0 Å². The zero-order chi connectivity index (χ0) is 13.9. The molecule has 0 unspecified atom stereocenters. The predicted octanol–water partition coefficient (Wildman–Crippen LogP) is 1.24. The van der Waals surface area contributed by atoms with Crippen molar-refractivity contribution in [2.75, 3.05) is 7.11 Å².